The third kappa shape index (κ3) is 6.59. The molecule has 0 bridgehead atoms. The lowest BCUT2D eigenvalue weighted by atomic mass is 10.0. The monoisotopic (exact) mass is 420 g/mol. The standard InChI is InChI=1S/C26H28O5/c1-3-19-4-8-21(9-5-19)22-10-14-24(15-11-22)31-17-16-30-23-12-6-20(7-13-23)18-25(29-2)26(27)28/h4-15,25H,3,16-18H2,1-2H3,(H,27,28). The number of benzene rings is 3. The molecule has 31 heavy (non-hydrogen) atoms. The summed E-state index contributed by atoms with van der Waals surface area (Å²) in [6.45, 7) is 2.99. The number of ether oxygens (including phenoxy) is 3. The Bertz CT molecular complexity index is 947. The number of hydrogen-bond acceptors (Lipinski definition) is 4. The zero-order valence-corrected chi connectivity index (χ0v) is 17.9. The Kier molecular flexibility index (Phi) is 8.07. The first-order valence-corrected chi connectivity index (χ1v) is 10.4. The summed E-state index contributed by atoms with van der Waals surface area (Å²) in [6.07, 6.45) is 0.508. The van der Waals surface area contributed by atoms with Gasteiger partial charge in [-0.05, 0) is 52.9 Å². The first kappa shape index (κ1) is 22.4. The molecule has 1 unspecified atom stereocenters. The van der Waals surface area contributed by atoms with Gasteiger partial charge in [-0.1, -0.05) is 55.5 Å². The fraction of sp³-hybridized carbons (Fsp3) is 0.269. The van der Waals surface area contributed by atoms with Crippen molar-refractivity contribution in [2.45, 2.75) is 25.9 Å². The Morgan fingerprint density at radius 3 is 1.68 bits per heavy atom. The minimum absolute atomic E-state index is 0.313. The second kappa shape index (κ2) is 11.2. The molecule has 1 N–H and O–H groups in total. The number of carboxylic acid groups (broad SMARTS) is 1. The summed E-state index contributed by atoms with van der Waals surface area (Å²) < 4.78 is 16.4. The molecule has 0 amide bonds. The van der Waals surface area contributed by atoms with Crippen molar-refractivity contribution in [2.24, 2.45) is 0 Å². The number of methoxy groups -OCH3 is 1. The normalized spacial score (nSPS) is 11.7. The maximum atomic E-state index is 11.0. The first-order chi connectivity index (χ1) is 15.1. The molecule has 0 saturated carbocycles. The highest BCUT2D eigenvalue weighted by Crippen LogP contribution is 2.23. The summed E-state index contributed by atoms with van der Waals surface area (Å²) in [6, 6.07) is 24.0. The zero-order valence-electron chi connectivity index (χ0n) is 17.9. The summed E-state index contributed by atoms with van der Waals surface area (Å²) in [7, 11) is 1.40. The minimum atomic E-state index is -0.970. The lowest BCUT2D eigenvalue weighted by Gasteiger charge is -2.12. The molecule has 5 heteroatoms. The number of carbonyl (C=O) groups is 1. The maximum absolute atomic E-state index is 11.0. The highest BCUT2D eigenvalue weighted by Gasteiger charge is 2.16. The van der Waals surface area contributed by atoms with E-state index in [0.717, 1.165) is 23.3 Å². The fourth-order valence-corrected chi connectivity index (χ4v) is 3.20. The molecule has 5 nitrogen and oxygen atoms in total. The van der Waals surface area contributed by atoms with Gasteiger partial charge in [-0.15, -0.1) is 0 Å². The van der Waals surface area contributed by atoms with Gasteiger partial charge in [0.1, 0.15) is 24.7 Å². The first-order valence-electron chi connectivity index (χ1n) is 10.4. The second-order valence-corrected chi connectivity index (χ2v) is 7.18. The zero-order chi connectivity index (χ0) is 22.1. The van der Waals surface area contributed by atoms with Crippen LogP contribution >= 0.6 is 0 Å². The number of aryl methyl sites for hydroxylation is 1. The van der Waals surface area contributed by atoms with Gasteiger partial charge in [-0.25, -0.2) is 4.79 Å². The SMILES string of the molecule is CCc1ccc(-c2ccc(OCCOc3ccc(CC(OC)C(=O)O)cc3)cc2)cc1. The molecular weight excluding hydrogens is 392 g/mol. The van der Waals surface area contributed by atoms with Gasteiger partial charge in [0.2, 0.25) is 0 Å². The van der Waals surface area contributed by atoms with Gasteiger partial charge in [0, 0.05) is 13.5 Å². The van der Waals surface area contributed by atoms with Crippen LogP contribution in [0.3, 0.4) is 0 Å². The Labute approximate surface area is 183 Å². The summed E-state index contributed by atoms with van der Waals surface area (Å²) in [5.74, 6) is 0.539. The van der Waals surface area contributed by atoms with Crippen molar-refractivity contribution in [3.05, 3.63) is 83.9 Å². The number of hydrogen-bond donors (Lipinski definition) is 1. The van der Waals surface area contributed by atoms with Crippen molar-refractivity contribution in [3.8, 4) is 22.6 Å². The van der Waals surface area contributed by atoms with E-state index in [9.17, 15) is 4.79 Å². The number of carboxylic acids is 1. The number of rotatable bonds is 11. The molecule has 0 heterocycles. The van der Waals surface area contributed by atoms with Gasteiger partial charge < -0.3 is 19.3 Å². The van der Waals surface area contributed by atoms with E-state index in [2.05, 4.69) is 43.3 Å². The van der Waals surface area contributed by atoms with E-state index in [0.29, 0.717) is 25.4 Å². The van der Waals surface area contributed by atoms with E-state index in [-0.39, 0.29) is 0 Å². The van der Waals surface area contributed by atoms with Crippen molar-refractivity contribution in [3.63, 3.8) is 0 Å². The third-order valence-corrected chi connectivity index (χ3v) is 5.08. The third-order valence-electron chi connectivity index (χ3n) is 5.08. The Hall–Kier alpha value is -3.31. The molecule has 0 aliphatic heterocycles. The van der Waals surface area contributed by atoms with Gasteiger partial charge >= 0.3 is 5.97 Å². The average Bonchev–Trinajstić information content (AvgIpc) is 2.81. The molecule has 0 radical (unpaired) electrons. The van der Waals surface area contributed by atoms with E-state index in [4.69, 9.17) is 19.3 Å². The summed E-state index contributed by atoms with van der Waals surface area (Å²) >= 11 is 0. The van der Waals surface area contributed by atoms with E-state index in [1.165, 1.54) is 18.2 Å². The smallest absolute Gasteiger partial charge is 0.333 e. The van der Waals surface area contributed by atoms with Crippen LogP contribution in [0.1, 0.15) is 18.1 Å². The molecule has 3 rings (SSSR count). The molecule has 0 fully saturated rings. The predicted molar refractivity (Wildman–Crippen MR) is 121 cm³/mol. The van der Waals surface area contributed by atoms with Gasteiger partial charge in [-0.2, -0.15) is 0 Å². The summed E-state index contributed by atoms with van der Waals surface area (Å²) in [5, 5.41) is 9.06. The lowest BCUT2D eigenvalue weighted by molar-refractivity contribution is -0.148. The highest BCUT2D eigenvalue weighted by atomic mass is 16.5. The highest BCUT2D eigenvalue weighted by molar-refractivity contribution is 5.72. The Morgan fingerprint density at radius 1 is 0.774 bits per heavy atom. The largest absolute Gasteiger partial charge is 0.490 e. The number of aliphatic carboxylic acids is 1. The molecule has 0 aliphatic carbocycles. The van der Waals surface area contributed by atoms with E-state index in [1.54, 1.807) is 0 Å². The molecule has 3 aromatic rings. The van der Waals surface area contributed by atoms with Gasteiger partial charge in [0.05, 0.1) is 0 Å². The van der Waals surface area contributed by atoms with Crippen molar-refractivity contribution >= 4 is 5.97 Å². The van der Waals surface area contributed by atoms with Crippen LogP contribution in [0.15, 0.2) is 72.8 Å². The van der Waals surface area contributed by atoms with Crippen LogP contribution in [-0.2, 0) is 22.4 Å². The van der Waals surface area contributed by atoms with Gasteiger partial charge in [-0.3, -0.25) is 0 Å². The predicted octanol–water partition coefficient (Wildman–Crippen LogP) is 5.02. The second-order valence-electron chi connectivity index (χ2n) is 7.18. The van der Waals surface area contributed by atoms with Crippen molar-refractivity contribution < 1.29 is 24.1 Å². The molecule has 3 aromatic carbocycles. The van der Waals surface area contributed by atoms with Gasteiger partial charge in [0.15, 0.2) is 6.10 Å². The molecule has 1 atom stereocenters. The topological polar surface area (TPSA) is 65.0 Å². The van der Waals surface area contributed by atoms with Crippen molar-refractivity contribution in [2.75, 3.05) is 20.3 Å². The molecular formula is C26H28O5. The lowest BCUT2D eigenvalue weighted by Crippen LogP contribution is -2.24. The Balaban J connectivity index is 1.43. The van der Waals surface area contributed by atoms with E-state index in [1.807, 2.05) is 36.4 Å². The van der Waals surface area contributed by atoms with Crippen LogP contribution < -0.4 is 9.47 Å². The van der Waals surface area contributed by atoms with Gasteiger partial charge in [0.25, 0.3) is 0 Å². The quantitative estimate of drug-likeness (QED) is 0.442. The maximum Gasteiger partial charge on any atom is 0.333 e. The average molecular weight is 421 g/mol. The van der Waals surface area contributed by atoms with Crippen LogP contribution in [0.4, 0.5) is 0 Å². The van der Waals surface area contributed by atoms with Crippen LogP contribution in [0.2, 0.25) is 0 Å². The van der Waals surface area contributed by atoms with Crippen LogP contribution in [0.25, 0.3) is 11.1 Å². The summed E-state index contributed by atoms with van der Waals surface area (Å²) in [4.78, 5) is 11.0. The molecule has 162 valence electrons. The van der Waals surface area contributed by atoms with Crippen molar-refractivity contribution in [1.82, 2.24) is 0 Å². The molecule has 0 aliphatic rings. The Morgan fingerprint density at radius 2 is 1.23 bits per heavy atom. The molecule has 0 saturated heterocycles. The van der Waals surface area contributed by atoms with Crippen LogP contribution in [0.5, 0.6) is 11.5 Å². The minimum Gasteiger partial charge on any atom is -0.490 e. The summed E-state index contributed by atoms with van der Waals surface area (Å²) in [5.41, 5.74) is 4.56. The van der Waals surface area contributed by atoms with E-state index >= 15 is 0 Å². The fourth-order valence-electron chi connectivity index (χ4n) is 3.20. The van der Waals surface area contributed by atoms with E-state index < -0.39 is 12.1 Å². The molecule has 0 aromatic heterocycles. The van der Waals surface area contributed by atoms with Crippen molar-refractivity contribution in [1.29, 1.82) is 0 Å². The molecule has 0 spiro atoms. The van der Waals surface area contributed by atoms with Crippen LogP contribution in [0, 0.1) is 0 Å². The van der Waals surface area contributed by atoms with Crippen LogP contribution in [-0.4, -0.2) is 37.5 Å².